The zero-order valence-electron chi connectivity index (χ0n) is 11.0. The lowest BCUT2D eigenvalue weighted by Gasteiger charge is -2.05. The fourth-order valence-corrected chi connectivity index (χ4v) is 1.55. The maximum atomic E-state index is 11.5. The number of rotatable bonds is 5. The average Bonchev–Trinajstić information content (AvgIpc) is 2.37. The fourth-order valence-electron chi connectivity index (χ4n) is 1.55. The molecular formula is C16H16O3. The summed E-state index contributed by atoms with van der Waals surface area (Å²) in [6.45, 7) is 6.12. The van der Waals surface area contributed by atoms with E-state index in [1.165, 1.54) is 19.9 Å². The van der Waals surface area contributed by atoms with Gasteiger partial charge >= 0.3 is 0 Å². The maximum absolute atomic E-state index is 11.5. The third-order valence-electron chi connectivity index (χ3n) is 2.57. The van der Waals surface area contributed by atoms with E-state index in [0.717, 1.165) is 5.56 Å². The van der Waals surface area contributed by atoms with Crippen LogP contribution in [0, 0.1) is 0 Å². The molecule has 98 valence electrons. The Kier molecular flexibility index (Phi) is 5.01. The van der Waals surface area contributed by atoms with Crippen LogP contribution < -0.4 is 0 Å². The summed E-state index contributed by atoms with van der Waals surface area (Å²) in [5.41, 5.74) is 0.854. The van der Waals surface area contributed by atoms with Gasteiger partial charge in [-0.05, 0) is 25.5 Å². The molecule has 19 heavy (non-hydrogen) atoms. The number of carbonyl (C=O) groups is 2. The van der Waals surface area contributed by atoms with Gasteiger partial charge in [-0.1, -0.05) is 43.0 Å². The predicted octanol–water partition coefficient (Wildman–Crippen LogP) is 3.25. The molecule has 0 unspecified atom stereocenters. The molecule has 0 aliphatic heterocycles. The number of Topliss-reactive ketones (excluding diaryl/α,β-unsaturated/α-hetero) is 2. The Labute approximate surface area is 112 Å². The van der Waals surface area contributed by atoms with Crippen LogP contribution in [0.3, 0.4) is 0 Å². The van der Waals surface area contributed by atoms with E-state index in [0.29, 0.717) is 0 Å². The van der Waals surface area contributed by atoms with Gasteiger partial charge in [-0.25, -0.2) is 0 Å². The molecule has 0 aliphatic rings. The van der Waals surface area contributed by atoms with Crippen molar-refractivity contribution in [2.45, 2.75) is 13.8 Å². The second-order valence-corrected chi connectivity index (χ2v) is 4.10. The van der Waals surface area contributed by atoms with Crippen molar-refractivity contribution in [1.82, 2.24) is 0 Å². The van der Waals surface area contributed by atoms with Crippen LogP contribution in [0.25, 0.3) is 6.08 Å². The van der Waals surface area contributed by atoms with Crippen LogP contribution in [0.15, 0.2) is 59.9 Å². The number of ketones is 2. The van der Waals surface area contributed by atoms with Crippen LogP contribution in [0.2, 0.25) is 0 Å². The van der Waals surface area contributed by atoms with Gasteiger partial charge in [0, 0.05) is 5.57 Å². The zero-order chi connectivity index (χ0) is 14.4. The quantitative estimate of drug-likeness (QED) is 0.500. The van der Waals surface area contributed by atoms with E-state index in [-0.39, 0.29) is 22.7 Å². The molecule has 0 radical (unpaired) electrons. The minimum Gasteiger partial charge on any atom is -0.507 e. The molecule has 1 rings (SSSR count). The number of allylic oxidation sites excluding steroid dienone is 3. The molecule has 0 fully saturated rings. The van der Waals surface area contributed by atoms with E-state index in [9.17, 15) is 14.7 Å². The van der Waals surface area contributed by atoms with Gasteiger partial charge in [-0.15, -0.1) is 0 Å². The largest absolute Gasteiger partial charge is 0.507 e. The monoisotopic (exact) mass is 256 g/mol. The number of benzene rings is 1. The van der Waals surface area contributed by atoms with Crippen molar-refractivity contribution >= 4 is 17.6 Å². The van der Waals surface area contributed by atoms with Crippen LogP contribution in [-0.2, 0) is 9.59 Å². The van der Waals surface area contributed by atoms with Gasteiger partial charge in [0.2, 0.25) is 0 Å². The predicted molar refractivity (Wildman–Crippen MR) is 75.6 cm³/mol. The Morgan fingerprint density at radius 1 is 1.11 bits per heavy atom. The molecule has 0 saturated carbocycles. The lowest BCUT2D eigenvalue weighted by Crippen LogP contribution is -2.08. The van der Waals surface area contributed by atoms with Crippen molar-refractivity contribution in [3.63, 3.8) is 0 Å². The molecule has 0 heterocycles. The number of carbonyl (C=O) groups excluding carboxylic acids is 2. The van der Waals surface area contributed by atoms with Crippen molar-refractivity contribution < 1.29 is 14.7 Å². The summed E-state index contributed by atoms with van der Waals surface area (Å²) in [6, 6.07) is 9.32. The summed E-state index contributed by atoms with van der Waals surface area (Å²) in [5, 5.41) is 9.92. The van der Waals surface area contributed by atoms with Crippen molar-refractivity contribution in [1.29, 1.82) is 0 Å². The van der Waals surface area contributed by atoms with Crippen LogP contribution in [0.5, 0.6) is 0 Å². The second-order valence-electron chi connectivity index (χ2n) is 4.10. The highest BCUT2D eigenvalue weighted by molar-refractivity contribution is 6.11. The lowest BCUT2D eigenvalue weighted by atomic mass is 9.99. The summed E-state index contributed by atoms with van der Waals surface area (Å²) in [4.78, 5) is 22.7. The molecular weight excluding hydrogens is 240 g/mol. The van der Waals surface area contributed by atoms with Crippen LogP contribution in [-0.4, -0.2) is 16.7 Å². The Balaban J connectivity index is 3.11. The molecule has 0 amide bonds. The molecule has 3 nitrogen and oxygen atoms in total. The van der Waals surface area contributed by atoms with E-state index in [2.05, 4.69) is 6.58 Å². The van der Waals surface area contributed by atoms with E-state index in [4.69, 9.17) is 0 Å². The van der Waals surface area contributed by atoms with Crippen molar-refractivity contribution in [2.75, 3.05) is 0 Å². The molecule has 0 aromatic heterocycles. The highest BCUT2D eigenvalue weighted by Gasteiger charge is 2.16. The minimum absolute atomic E-state index is 0.0164. The summed E-state index contributed by atoms with van der Waals surface area (Å²) >= 11 is 0. The first-order chi connectivity index (χ1) is 8.93. The Morgan fingerprint density at radius 2 is 1.68 bits per heavy atom. The molecule has 1 aromatic rings. The number of hydrogen-bond donors (Lipinski definition) is 1. The smallest absolute Gasteiger partial charge is 0.164 e. The number of aliphatic hydroxyl groups is 1. The molecule has 0 saturated heterocycles. The minimum atomic E-state index is -0.393. The topological polar surface area (TPSA) is 54.4 Å². The van der Waals surface area contributed by atoms with E-state index >= 15 is 0 Å². The van der Waals surface area contributed by atoms with Crippen LogP contribution in [0.4, 0.5) is 0 Å². The Morgan fingerprint density at radius 3 is 2.16 bits per heavy atom. The van der Waals surface area contributed by atoms with Crippen LogP contribution in [0.1, 0.15) is 19.4 Å². The van der Waals surface area contributed by atoms with Gasteiger partial charge in [-0.2, -0.15) is 0 Å². The summed E-state index contributed by atoms with van der Waals surface area (Å²) in [6.07, 6.45) is 3.05. The van der Waals surface area contributed by atoms with Gasteiger partial charge in [0.25, 0.3) is 0 Å². The molecule has 1 aromatic carbocycles. The standard InChI is InChI=1S/C16H16O3/c1-11(12(2)17)16(13(3)18)15(19)10-9-14-7-5-4-6-8-14/h4-10,19H,1H2,2-3H3/b10-9+,16-15+. The highest BCUT2D eigenvalue weighted by Crippen LogP contribution is 2.16. The Hall–Kier alpha value is -2.42. The van der Waals surface area contributed by atoms with E-state index < -0.39 is 5.78 Å². The van der Waals surface area contributed by atoms with Gasteiger partial charge in [-0.3, -0.25) is 9.59 Å². The van der Waals surface area contributed by atoms with Crippen molar-refractivity contribution in [3.05, 3.63) is 65.5 Å². The lowest BCUT2D eigenvalue weighted by molar-refractivity contribution is -0.116. The Bertz CT molecular complexity index is 563. The molecule has 0 aliphatic carbocycles. The number of hydrogen-bond acceptors (Lipinski definition) is 3. The summed E-state index contributed by atoms with van der Waals surface area (Å²) in [5.74, 6) is -0.989. The van der Waals surface area contributed by atoms with E-state index in [1.807, 2.05) is 30.3 Å². The third kappa shape index (κ3) is 4.07. The van der Waals surface area contributed by atoms with E-state index in [1.54, 1.807) is 6.08 Å². The second kappa shape index (κ2) is 6.50. The van der Waals surface area contributed by atoms with Gasteiger partial charge in [0.15, 0.2) is 11.6 Å². The molecule has 0 spiro atoms. The van der Waals surface area contributed by atoms with Crippen molar-refractivity contribution in [2.24, 2.45) is 0 Å². The first kappa shape index (κ1) is 14.6. The molecule has 1 N–H and O–H groups in total. The zero-order valence-corrected chi connectivity index (χ0v) is 11.0. The van der Waals surface area contributed by atoms with Gasteiger partial charge in [0.05, 0.1) is 5.57 Å². The summed E-state index contributed by atoms with van der Waals surface area (Å²) in [7, 11) is 0. The molecule has 0 bridgehead atoms. The highest BCUT2D eigenvalue weighted by atomic mass is 16.3. The van der Waals surface area contributed by atoms with Crippen LogP contribution >= 0.6 is 0 Å². The first-order valence-corrected chi connectivity index (χ1v) is 5.81. The number of aliphatic hydroxyl groups excluding tert-OH is 1. The SMILES string of the molecule is C=C(C(C)=O)/C(C(C)=O)=C(O)/C=C/c1ccccc1. The van der Waals surface area contributed by atoms with Gasteiger partial charge in [0.1, 0.15) is 5.76 Å². The van der Waals surface area contributed by atoms with Gasteiger partial charge < -0.3 is 5.11 Å². The fraction of sp³-hybridized carbons (Fsp3) is 0.125. The normalized spacial score (nSPS) is 12.1. The first-order valence-electron chi connectivity index (χ1n) is 5.81. The molecule has 0 atom stereocenters. The van der Waals surface area contributed by atoms with Crippen molar-refractivity contribution in [3.8, 4) is 0 Å². The molecule has 3 heteroatoms. The maximum Gasteiger partial charge on any atom is 0.164 e. The summed E-state index contributed by atoms with van der Waals surface area (Å²) < 4.78 is 0. The third-order valence-corrected chi connectivity index (χ3v) is 2.57. The average molecular weight is 256 g/mol.